The smallest absolute Gasteiger partial charge is 0.249 e. The second kappa shape index (κ2) is 6.57. The van der Waals surface area contributed by atoms with Crippen LogP contribution in [0, 0.1) is 0 Å². The van der Waals surface area contributed by atoms with Gasteiger partial charge in [0.1, 0.15) is 6.61 Å². The van der Waals surface area contributed by atoms with Gasteiger partial charge >= 0.3 is 0 Å². The van der Waals surface area contributed by atoms with Gasteiger partial charge in [-0.25, -0.2) is 0 Å². The molecule has 0 radical (unpaired) electrons. The number of methoxy groups -OCH3 is 1. The summed E-state index contributed by atoms with van der Waals surface area (Å²) in [5, 5.41) is 0. The molecule has 1 aromatic rings. The van der Waals surface area contributed by atoms with Crippen LogP contribution in [-0.4, -0.2) is 43.8 Å². The van der Waals surface area contributed by atoms with Crippen molar-refractivity contribution in [2.75, 3.05) is 26.9 Å². The number of fused-ring (bicyclic) bond motifs is 1. The summed E-state index contributed by atoms with van der Waals surface area (Å²) in [6, 6.07) is 6.31. The molecule has 0 saturated heterocycles. The first-order valence-electron chi connectivity index (χ1n) is 7.90. The lowest BCUT2D eigenvalue weighted by Gasteiger charge is -2.30. The fraction of sp³-hybridized carbons (Fsp3) is 0.588. The van der Waals surface area contributed by atoms with Crippen LogP contribution in [0.15, 0.2) is 18.2 Å². The molecule has 0 spiro atoms. The fourth-order valence-electron chi connectivity index (χ4n) is 2.89. The lowest BCUT2D eigenvalue weighted by atomic mass is 10.1. The van der Waals surface area contributed by atoms with Gasteiger partial charge in [-0.3, -0.25) is 4.79 Å². The molecule has 0 aromatic heterocycles. The van der Waals surface area contributed by atoms with E-state index in [-0.39, 0.29) is 18.6 Å². The van der Waals surface area contributed by atoms with Crippen molar-refractivity contribution in [3.05, 3.63) is 23.8 Å². The number of benzene rings is 1. The molecule has 0 N–H and O–H groups in total. The van der Waals surface area contributed by atoms with Crippen LogP contribution in [-0.2, 0) is 9.53 Å². The first kappa shape index (κ1) is 15.2. The maximum absolute atomic E-state index is 12.3. The monoisotopic (exact) mass is 305 g/mol. The van der Waals surface area contributed by atoms with Gasteiger partial charge < -0.3 is 19.1 Å². The normalized spacial score (nSPS) is 18.5. The number of amides is 1. The Balaban J connectivity index is 1.82. The molecule has 2 aliphatic rings. The van der Waals surface area contributed by atoms with Crippen LogP contribution in [0.5, 0.6) is 11.5 Å². The third-order valence-corrected chi connectivity index (χ3v) is 4.17. The molecule has 1 aromatic carbocycles. The number of nitrogens with zero attached hydrogens (tertiary/aromatic N) is 1. The van der Waals surface area contributed by atoms with Crippen LogP contribution in [0.1, 0.15) is 37.8 Å². The Hall–Kier alpha value is -1.75. The number of carbonyl (C=O) groups is 1. The molecule has 1 fully saturated rings. The molecule has 1 aliphatic heterocycles. The van der Waals surface area contributed by atoms with Gasteiger partial charge in [-0.05, 0) is 37.5 Å². The van der Waals surface area contributed by atoms with Crippen molar-refractivity contribution in [3.8, 4) is 11.5 Å². The predicted molar refractivity (Wildman–Crippen MR) is 82.2 cm³/mol. The SMILES string of the molecule is COCC(=O)N(C1CC1)[C@@H](C)c1ccc2c(c1)OCCCO2. The van der Waals surface area contributed by atoms with Gasteiger partial charge in [0, 0.05) is 19.6 Å². The van der Waals surface area contributed by atoms with E-state index >= 15 is 0 Å². The molecule has 1 aliphatic carbocycles. The summed E-state index contributed by atoms with van der Waals surface area (Å²) in [4.78, 5) is 14.3. The highest BCUT2D eigenvalue weighted by Crippen LogP contribution is 2.38. The number of hydrogen-bond acceptors (Lipinski definition) is 4. The average molecular weight is 305 g/mol. The molecule has 3 rings (SSSR count). The quantitative estimate of drug-likeness (QED) is 0.839. The molecular weight excluding hydrogens is 282 g/mol. The first-order valence-corrected chi connectivity index (χ1v) is 7.90. The molecule has 1 saturated carbocycles. The van der Waals surface area contributed by atoms with Crippen LogP contribution in [0.25, 0.3) is 0 Å². The van der Waals surface area contributed by atoms with E-state index in [1.165, 1.54) is 0 Å². The van der Waals surface area contributed by atoms with E-state index < -0.39 is 0 Å². The van der Waals surface area contributed by atoms with Crippen molar-refractivity contribution in [1.82, 2.24) is 4.90 Å². The average Bonchev–Trinajstić information content (AvgIpc) is 3.33. The van der Waals surface area contributed by atoms with Gasteiger partial charge in [-0.2, -0.15) is 0 Å². The second-order valence-electron chi connectivity index (χ2n) is 5.90. The van der Waals surface area contributed by atoms with Gasteiger partial charge in [-0.15, -0.1) is 0 Å². The van der Waals surface area contributed by atoms with Crippen LogP contribution < -0.4 is 9.47 Å². The molecule has 1 amide bonds. The van der Waals surface area contributed by atoms with Crippen LogP contribution >= 0.6 is 0 Å². The molecule has 0 bridgehead atoms. The van der Waals surface area contributed by atoms with Crippen molar-refractivity contribution < 1.29 is 19.0 Å². The van der Waals surface area contributed by atoms with Gasteiger partial charge in [0.15, 0.2) is 11.5 Å². The molecular formula is C17H23NO4. The molecule has 0 unspecified atom stereocenters. The van der Waals surface area contributed by atoms with Crippen molar-refractivity contribution in [1.29, 1.82) is 0 Å². The van der Waals surface area contributed by atoms with Crippen molar-refractivity contribution >= 4 is 5.91 Å². The first-order chi connectivity index (χ1) is 10.7. The number of ether oxygens (including phenoxy) is 3. The van der Waals surface area contributed by atoms with E-state index in [0.717, 1.165) is 36.3 Å². The van der Waals surface area contributed by atoms with Crippen molar-refractivity contribution in [2.45, 2.75) is 38.3 Å². The topological polar surface area (TPSA) is 48.0 Å². The summed E-state index contributed by atoms with van der Waals surface area (Å²) in [6.45, 7) is 3.54. The van der Waals surface area contributed by atoms with E-state index in [1.54, 1.807) is 7.11 Å². The predicted octanol–water partition coefficient (Wildman–Crippen LogP) is 2.55. The van der Waals surface area contributed by atoms with E-state index in [2.05, 4.69) is 6.92 Å². The summed E-state index contributed by atoms with van der Waals surface area (Å²) in [7, 11) is 1.56. The lowest BCUT2D eigenvalue weighted by Crippen LogP contribution is -2.37. The Morgan fingerprint density at radius 3 is 2.73 bits per heavy atom. The van der Waals surface area contributed by atoms with E-state index in [9.17, 15) is 4.79 Å². The van der Waals surface area contributed by atoms with Gasteiger partial charge in [0.2, 0.25) is 5.91 Å². The number of carbonyl (C=O) groups excluding carboxylic acids is 1. The van der Waals surface area contributed by atoms with Gasteiger partial charge in [-0.1, -0.05) is 6.07 Å². The molecule has 120 valence electrons. The van der Waals surface area contributed by atoms with E-state index in [4.69, 9.17) is 14.2 Å². The highest BCUT2D eigenvalue weighted by molar-refractivity contribution is 5.78. The number of hydrogen-bond donors (Lipinski definition) is 0. The van der Waals surface area contributed by atoms with Crippen LogP contribution in [0.4, 0.5) is 0 Å². The Bertz CT molecular complexity index is 541. The second-order valence-corrected chi connectivity index (χ2v) is 5.90. The maximum atomic E-state index is 12.3. The minimum Gasteiger partial charge on any atom is -0.490 e. The summed E-state index contributed by atoms with van der Waals surface area (Å²) < 4.78 is 16.4. The van der Waals surface area contributed by atoms with E-state index in [1.807, 2.05) is 23.1 Å². The minimum atomic E-state index is 0.00676. The summed E-state index contributed by atoms with van der Waals surface area (Å²) in [6.07, 6.45) is 3.04. The summed E-state index contributed by atoms with van der Waals surface area (Å²) >= 11 is 0. The molecule has 22 heavy (non-hydrogen) atoms. The standard InChI is InChI=1S/C17H23NO4/c1-12(18(14-5-6-14)17(19)11-20-2)13-4-7-15-16(10-13)22-9-3-8-21-15/h4,7,10,12,14H,3,5-6,8-9,11H2,1-2H3/t12-/m0/s1. The minimum absolute atomic E-state index is 0.00676. The van der Waals surface area contributed by atoms with Gasteiger partial charge in [0.25, 0.3) is 0 Å². The molecule has 5 heteroatoms. The van der Waals surface area contributed by atoms with Gasteiger partial charge in [0.05, 0.1) is 19.3 Å². The zero-order valence-corrected chi connectivity index (χ0v) is 13.2. The Morgan fingerprint density at radius 2 is 2.05 bits per heavy atom. The highest BCUT2D eigenvalue weighted by Gasteiger charge is 2.36. The Morgan fingerprint density at radius 1 is 1.32 bits per heavy atom. The maximum Gasteiger partial charge on any atom is 0.249 e. The number of rotatable bonds is 5. The third kappa shape index (κ3) is 3.19. The zero-order chi connectivity index (χ0) is 15.5. The van der Waals surface area contributed by atoms with Crippen molar-refractivity contribution in [3.63, 3.8) is 0 Å². The van der Waals surface area contributed by atoms with Crippen molar-refractivity contribution in [2.24, 2.45) is 0 Å². The zero-order valence-electron chi connectivity index (χ0n) is 13.2. The lowest BCUT2D eigenvalue weighted by molar-refractivity contribution is -0.138. The highest BCUT2D eigenvalue weighted by atomic mass is 16.5. The fourth-order valence-corrected chi connectivity index (χ4v) is 2.89. The molecule has 1 heterocycles. The van der Waals surface area contributed by atoms with Crippen LogP contribution in [0.3, 0.4) is 0 Å². The Kier molecular flexibility index (Phi) is 4.52. The summed E-state index contributed by atoms with van der Waals surface area (Å²) in [5.41, 5.74) is 1.07. The van der Waals surface area contributed by atoms with E-state index in [0.29, 0.717) is 19.3 Å². The third-order valence-electron chi connectivity index (χ3n) is 4.17. The largest absolute Gasteiger partial charge is 0.490 e. The van der Waals surface area contributed by atoms with Crippen LogP contribution in [0.2, 0.25) is 0 Å². The molecule has 5 nitrogen and oxygen atoms in total. The Labute approximate surface area is 131 Å². The molecule has 1 atom stereocenters. The summed E-state index contributed by atoms with van der Waals surface area (Å²) in [5.74, 6) is 1.61.